The molecule has 0 saturated heterocycles. The molecule has 7 nitrogen and oxygen atoms in total. The van der Waals surface area contributed by atoms with E-state index in [0.29, 0.717) is 40.0 Å². The van der Waals surface area contributed by atoms with E-state index >= 15 is 0 Å². The number of rotatable bonds is 6. The third kappa shape index (κ3) is 4.47. The number of nitrogens with zero attached hydrogens (tertiary/aromatic N) is 3. The molecule has 0 radical (unpaired) electrons. The van der Waals surface area contributed by atoms with Gasteiger partial charge in [-0.1, -0.05) is 54.2 Å². The standard InChI is InChI=1S/C28H21Cl3N4O3/c1-3-6-22-23(27(37)35(32-22)19-10-11-20(30)21(31)14-19)24-25(33-12-5-7-16(2)15-33)28(38)34(26(24)36)18-9-4-8-17(29)13-18/h4-5,7-15H,3,6H2,1-2H3/p+1. The Morgan fingerprint density at radius 3 is 2.37 bits per heavy atom. The molecule has 3 heterocycles. The normalized spacial score (nSPS) is 13.7. The highest BCUT2D eigenvalue weighted by Gasteiger charge is 2.48. The number of benzene rings is 2. The second-order valence-corrected chi connectivity index (χ2v) is 10.1. The fraction of sp³-hybridized carbons (Fsp3) is 0.143. The number of pyridine rings is 1. The minimum atomic E-state index is -0.615. The molecule has 192 valence electrons. The van der Waals surface area contributed by atoms with Crippen LogP contribution < -0.4 is 15.0 Å². The van der Waals surface area contributed by atoms with Gasteiger partial charge in [-0.15, -0.1) is 0 Å². The van der Waals surface area contributed by atoms with Crippen LogP contribution in [0.5, 0.6) is 0 Å². The number of imide groups is 1. The molecule has 1 aliphatic heterocycles. The van der Waals surface area contributed by atoms with Crippen molar-refractivity contribution in [2.45, 2.75) is 26.7 Å². The Morgan fingerprint density at radius 2 is 1.68 bits per heavy atom. The fourth-order valence-electron chi connectivity index (χ4n) is 4.54. The first-order valence-electron chi connectivity index (χ1n) is 11.9. The van der Waals surface area contributed by atoms with Gasteiger partial charge >= 0.3 is 5.91 Å². The monoisotopic (exact) mass is 567 g/mol. The number of amides is 2. The first-order chi connectivity index (χ1) is 18.2. The third-order valence-electron chi connectivity index (χ3n) is 6.21. The zero-order chi connectivity index (χ0) is 27.1. The summed E-state index contributed by atoms with van der Waals surface area (Å²) in [6.07, 6.45) is 4.58. The van der Waals surface area contributed by atoms with Crippen molar-refractivity contribution in [2.24, 2.45) is 0 Å². The molecular formula is C28H22Cl3N4O3+. The van der Waals surface area contributed by atoms with Crippen LogP contribution in [-0.4, -0.2) is 21.6 Å². The number of aryl methyl sites for hydroxylation is 2. The molecule has 2 amide bonds. The lowest BCUT2D eigenvalue weighted by molar-refractivity contribution is -0.577. The molecule has 2 aromatic heterocycles. The summed E-state index contributed by atoms with van der Waals surface area (Å²) in [6, 6.07) is 14.9. The Bertz CT molecular complexity index is 1700. The zero-order valence-corrected chi connectivity index (χ0v) is 22.7. The number of halogens is 3. The smallest absolute Gasteiger partial charge is 0.294 e. The predicted octanol–water partition coefficient (Wildman–Crippen LogP) is 5.62. The van der Waals surface area contributed by atoms with Gasteiger partial charge in [0.05, 0.1) is 27.0 Å². The number of hydrogen-bond donors (Lipinski definition) is 1. The number of aromatic nitrogens is 3. The van der Waals surface area contributed by atoms with Crippen LogP contribution >= 0.6 is 34.8 Å². The second-order valence-electron chi connectivity index (χ2n) is 8.89. The molecule has 4 aromatic rings. The van der Waals surface area contributed by atoms with Gasteiger partial charge in [-0.2, -0.15) is 4.57 Å². The first kappa shape index (κ1) is 26.0. The Balaban J connectivity index is 1.79. The summed E-state index contributed by atoms with van der Waals surface area (Å²) < 4.78 is 2.90. The SMILES string of the molecule is CCCc1[nH]n(-c2ccc(Cl)c(Cl)c2)c(=O)c1C1=C([n+]2cccc(C)c2)C(=O)N(c2cccc(Cl)c2)C1=O. The third-order valence-corrected chi connectivity index (χ3v) is 7.18. The summed E-state index contributed by atoms with van der Waals surface area (Å²) >= 11 is 18.5. The van der Waals surface area contributed by atoms with E-state index in [1.165, 1.54) is 10.7 Å². The van der Waals surface area contributed by atoms with Crippen molar-refractivity contribution in [2.75, 3.05) is 4.90 Å². The molecule has 0 fully saturated rings. The van der Waals surface area contributed by atoms with E-state index in [0.717, 1.165) is 10.5 Å². The molecule has 0 aliphatic carbocycles. The van der Waals surface area contributed by atoms with Gasteiger partial charge < -0.3 is 0 Å². The van der Waals surface area contributed by atoms with Crippen molar-refractivity contribution >= 4 is 63.6 Å². The summed E-state index contributed by atoms with van der Waals surface area (Å²) in [5.41, 5.74) is 1.89. The summed E-state index contributed by atoms with van der Waals surface area (Å²) in [6.45, 7) is 3.84. The largest absolute Gasteiger partial charge is 0.331 e. The number of hydrogen-bond acceptors (Lipinski definition) is 3. The molecule has 0 bridgehead atoms. The zero-order valence-electron chi connectivity index (χ0n) is 20.5. The number of aromatic amines is 1. The highest BCUT2D eigenvalue weighted by Crippen LogP contribution is 2.35. The topological polar surface area (TPSA) is 79.1 Å². The molecular weight excluding hydrogens is 547 g/mol. The Kier molecular flexibility index (Phi) is 7.01. The van der Waals surface area contributed by atoms with Crippen molar-refractivity contribution < 1.29 is 14.2 Å². The Labute approximate surface area is 233 Å². The summed E-state index contributed by atoms with van der Waals surface area (Å²) in [7, 11) is 0. The quantitative estimate of drug-likeness (QED) is 0.242. The highest BCUT2D eigenvalue weighted by atomic mass is 35.5. The van der Waals surface area contributed by atoms with Gasteiger partial charge in [0.1, 0.15) is 5.57 Å². The van der Waals surface area contributed by atoms with Crippen molar-refractivity contribution in [1.29, 1.82) is 0 Å². The first-order valence-corrected chi connectivity index (χ1v) is 13.0. The van der Waals surface area contributed by atoms with E-state index in [1.807, 2.05) is 19.9 Å². The molecule has 10 heteroatoms. The van der Waals surface area contributed by atoms with Gasteiger partial charge in [-0.3, -0.25) is 19.5 Å². The van der Waals surface area contributed by atoms with E-state index in [-0.39, 0.29) is 21.9 Å². The van der Waals surface area contributed by atoms with Crippen molar-refractivity contribution in [3.8, 4) is 5.69 Å². The molecule has 5 rings (SSSR count). The maximum Gasteiger partial charge on any atom is 0.331 e. The second kappa shape index (κ2) is 10.3. The van der Waals surface area contributed by atoms with Crippen LogP contribution in [0.2, 0.25) is 15.1 Å². The average Bonchev–Trinajstić information content (AvgIpc) is 3.32. The number of H-pyrrole nitrogens is 1. The van der Waals surface area contributed by atoms with Gasteiger partial charge in [0.15, 0.2) is 12.4 Å². The summed E-state index contributed by atoms with van der Waals surface area (Å²) in [5, 5.41) is 4.12. The number of anilines is 1. The number of nitrogens with one attached hydrogen (secondary N) is 1. The van der Waals surface area contributed by atoms with Gasteiger partial charge in [0.25, 0.3) is 17.2 Å². The lowest BCUT2D eigenvalue weighted by Crippen LogP contribution is -2.39. The van der Waals surface area contributed by atoms with Gasteiger partial charge in [-0.05, 0) is 55.8 Å². The molecule has 0 unspecified atom stereocenters. The molecule has 0 atom stereocenters. The van der Waals surface area contributed by atoms with Crippen LogP contribution in [-0.2, 0) is 16.0 Å². The van der Waals surface area contributed by atoms with Crippen molar-refractivity contribution in [3.05, 3.63) is 109 Å². The van der Waals surface area contributed by atoms with Crippen LogP contribution in [0.1, 0.15) is 30.2 Å². The molecule has 2 aromatic carbocycles. The van der Waals surface area contributed by atoms with Crippen LogP contribution in [0.15, 0.2) is 71.8 Å². The summed E-state index contributed by atoms with van der Waals surface area (Å²) in [5.74, 6) is -1.18. The minimum absolute atomic E-state index is 0.00841. The molecule has 0 spiro atoms. The van der Waals surface area contributed by atoms with Gasteiger partial charge in [0.2, 0.25) is 0 Å². The van der Waals surface area contributed by atoms with E-state index in [9.17, 15) is 14.4 Å². The molecule has 38 heavy (non-hydrogen) atoms. The number of carbonyl (C=O) groups is 2. The van der Waals surface area contributed by atoms with E-state index in [1.54, 1.807) is 59.4 Å². The molecule has 1 aliphatic rings. The summed E-state index contributed by atoms with van der Waals surface area (Å²) in [4.78, 5) is 42.9. The average molecular weight is 569 g/mol. The van der Waals surface area contributed by atoms with Crippen LogP contribution in [0.3, 0.4) is 0 Å². The van der Waals surface area contributed by atoms with Gasteiger partial charge in [0, 0.05) is 22.3 Å². The maximum absolute atomic E-state index is 14.0. The Hall–Kier alpha value is -3.65. The fourth-order valence-corrected chi connectivity index (χ4v) is 5.02. The minimum Gasteiger partial charge on any atom is -0.294 e. The number of carbonyl (C=O) groups excluding carboxylic acids is 2. The lowest BCUT2D eigenvalue weighted by atomic mass is 10.0. The predicted molar refractivity (Wildman–Crippen MR) is 149 cm³/mol. The Morgan fingerprint density at radius 1 is 0.895 bits per heavy atom. The molecule has 0 saturated carbocycles. The van der Waals surface area contributed by atoms with E-state index < -0.39 is 17.4 Å². The van der Waals surface area contributed by atoms with E-state index in [4.69, 9.17) is 34.8 Å². The maximum atomic E-state index is 14.0. The molecule has 1 N–H and O–H groups in total. The van der Waals surface area contributed by atoms with E-state index in [2.05, 4.69) is 5.10 Å². The highest BCUT2D eigenvalue weighted by molar-refractivity contribution is 6.53. The van der Waals surface area contributed by atoms with Crippen LogP contribution in [0, 0.1) is 6.92 Å². The van der Waals surface area contributed by atoms with Gasteiger partial charge in [-0.25, -0.2) is 9.58 Å². The van der Waals surface area contributed by atoms with Crippen molar-refractivity contribution in [3.63, 3.8) is 0 Å². The lowest BCUT2D eigenvalue weighted by Gasteiger charge is -2.14. The van der Waals surface area contributed by atoms with Crippen LogP contribution in [0.4, 0.5) is 5.69 Å². The van der Waals surface area contributed by atoms with Crippen molar-refractivity contribution in [1.82, 2.24) is 9.78 Å². The van der Waals surface area contributed by atoms with Crippen LogP contribution in [0.25, 0.3) is 17.0 Å².